The number of rotatable bonds is 10. The Morgan fingerprint density at radius 2 is 1.94 bits per heavy atom. The maximum Gasteiger partial charge on any atom is 0.0494 e. The Balaban J connectivity index is 1.28. The van der Waals surface area contributed by atoms with Gasteiger partial charge in [-0.15, -0.1) is 0 Å². The predicted octanol–water partition coefficient (Wildman–Crippen LogP) is 1.88. The average Bonchev–Trinajstić information content (AvgIpc) is 3.22. The largest absolute Gasteiger partial charge is 0.381 e. The minimum atomic E-state index is 0.898. The first kappa shape index (κ1) is 14.6. The summed E-state index contributed by atoms with van der Waals surface area (Å²) in [6.07, 6.45) is 6.64. The highest BCUT2D eigenvalue weighted by Gasteiger charge is 2.20. The monoisotopic (exact) mass is 272 g/mol. The van der Waals surface area contributed by atoms with E-state index < -0.39 is 0 Å². The van der Waals surface area contributed by atoms with Gasteiger partial charge >= 0.3 is 0 Å². The van der Waals surface area contributed by atoms with Gasteiger partial charge in [-0.1, -0.05) is 0 Å². The smallest absolute Gasteiger partial charge is 0.0494 e. The van der Waals surface area contributed by atoms with Gasteiger partial charge in [0.05, 0.1) is 0 Å². The Morgan fingerprint density at radius 1 is 1.11 bits per heavy atom. The number of hydrogen-bond acceptors (Lipinski definition) is 4. The first-order chi connectivity index (χ1) is 8.95. The highest BCUT2D eigenvalue weighted by Crippen LogP contribution is 2.28. The van der Waals surface area contributed by atoms with Crippen LogP contribution in [0, 0.1) is 5.92 Å². The standard InChI is InChI=1S/C14H28N2OS/c1(10-17-12-13-2-3-13)6-15-9-11-18-14-4-7-16-8-5-14/h13-16H,1-12H2. The normalized spacial score (nSPS) is 21.3. The third kappa shape index (κ3) is 6.98. The lowest BCUT2D eigenvalue weighted by Crippen LogP contribution is -2.30. The summed E-state index contributed by atoms with van der Waals surface area (Å²) >= 11 is 2.14. The Labute approximate surface area is 116 Å². The fraction of sp³-hybridized carbons (Fsp3) is 1.00. The van der Waals surface area contributed by atoms with Gasteiger partial charge in [-0.05, 0) is 57.7 Å². The molecule has 2 aliphatic rings. The summed E-state index contributed by atoms with van der Waals surface area (Å²) in [5.74, 6) is 2.16. The van der Waals surface area contributed by atoms with Crippen LogP contribution in [0.25, 0.3) is 0 Å². The summed E-state index contributed by atoms with van der Waals surface area (Å²) < 4.78 is 5.61. The predicted molar refractivity (Wildman–Crippen MR) is 79.4 cm³/mol. The van der Waals surface area contributed by atoms with E-state index in [0.717, 1.165) is 43.9 Å². The van der Waals surface area contributed by atoms with Crippen molar-refractivity contribution < 1.29 is 4.74 Å². The van der Waals surface area contributed by atoms with Crippen LogP contribution in [0.3, 0.4) is 0 Å². The van der Waals surface area contributed by atoms with E-state index in [1.54, 1.807) is 0 Å². The molecule has 2 fully saturated rings. The Morgan fingerprint density at radius 3 is 2.72 bits per heavy atom. The van der Waals surface area contributed by atoms with Crippen molar-refractivity contribution in [2.24, 2.45) is 5.92 Å². The minimum Gasteiger partial charge on any atom is -0.381 e. The van der Waals surface area contributed by atoms with Crippen LogP contribution < -0.4 is 10.6 Å². The van der Waals surface area contributed by atoms with E-state index in [1.165, 1.54) is 44.5 Å². The third-order valence-corrected chi connectivity index (χ3v) is 4.99. The number of hydrogen-bond donors (Lipinski definition) is 2. The van der Waals surface area contributed by atoms with E-state index >= 15 is 0 Å². The fourth-order valence-electron chi connectivity index (χ4n) is 2.22. The molecule has 0 atom stereocenters. The van der Waals surface area contributed by atoms with Gasteiger partial charge in [-0.3, -0.25) is 0 Å². The first-order valence-corrected chi connectivity index (χ1v) is 8.61. The van der Waals surface area contributed by atoms with Crippen LogP contribution in [-0.2, 0) is 4.74 Å². The number of thioether (sulfide) groups is 1. The highest BCUT2D eigenvalue weighted by molar-refractivity contribution is 7.99. The zero-order valence-electron chi connectivity index (χ0n) is 11.5. The molecule has 4 heteroatoms. The van der Waals surface area contributed by atoms with Crippen molar-refractivity contribution in [1.29, 1.82) is 0 Å². The van der Waals surface area contributed by atoms with Crippen LogP contribution in [0.5, 0.6) is 0 Å². The molecule has 0 aromatic carbocycles. The van der Waals surface area contributed by atoms with Crippen LogP contribution in [0.4, 0.5) is 0 Å². The maximum atomic E-state index is 5.61. The van der Waals surface area contributed by atoms with Crippen LogP contribution in [0.15, 0.2) is 0 Å². The second-order valence-corrected chi connectivity index (χ2v) is 6.85. The molecule has 2 rings (SSSR count). The molecular formula is C14H28N2OS. The molecule has 0 aromatic heterocycles. The zero-order valence-corrected chi connectivity index (χ0v) is 12.3. The average molecular weight is 272 g/mol. The van der Waals surface area contributed by atoms with E-state index in [-0.39, 0.29) is 0 Å². The number of nitrogens with one attached hydrogen (secondary N) is 2. The summed E-state index contributed by atoms with van der Waals surface area (Å²) in [5, 5.41) is 7.82. The summed E-state index contributed by atoms with van der Waals surface area (Å²) in [6, 6.07) is 0. The third-order valence-electron chi connectivity index (χ3n) is 3.61. The summed E-state index contributed by atoms with van der Waals surface area (Å²) in [6.45, 7) is 6.62. The van der Waals surface area contributed by atoms with E-state index in [2.05, 4.69) is 22.4 Å². The molecular weight excluding hydrogens is 244 g/mol. The maximum absolute atomic E-state index is 5.61. The summed E-state index contributed by atoms with van der Waals surface area (Å²) in [7, 11) is 0. The topological polar surface area (TPSA) is 33.3 Å². The van der Waals surface area contributed by atoms with Gasteiger partial charge in [0.15, 0.2) is 0 Å². The van der Waals surface area contributed by atoms with Gasteiger partial charge in [-0.25, -0.2) is 0 Å². The molecule has 2 N–H and O–H groups in total. The Kier molecular flexibility index (Phi) is 7.47. The fourth-order valence-corrected chi connectivity index (χ4v) is 3.38. The molecule has 106 valence electrons. The van der Waals surface area contributed by atoms with Crippen molar-refractivity contribution in [3.8, 4) is 0 Å². The number of piperidine rings is 1. The van der Waals surface area contributed by atoms with E-state index in [1.807, 2.05) is 0 Å². The van der Waals surface area contributed by atoms with Gasteiger partial charge < -0.3 is 15.4 Å². The van der Waals surface area contributed by atoms with Crippen LogP contribution >= 0.6 is 11.8 Å². The quantitative estimate of drug-likeness (QED) is 0.595. The molecule has 0 unspecified atom stereocenters. The molecule has 18 heavy (non-hydrogen) atoms. The molecule has 1 heterocycles. The lowest BCUT2D eigenvalue weighted by molar-refractivity contribution is 0.122. The van der Waals surface area contributed by atoms with Gasteiger partial charge in [0.2, 0.25) is 0 Å². The molecule has 1 aliphatic heterocycles. The second-order valence-electron chi connectivity index (χ2n) is 5.44. The van der Waals surface area contributed by atoms with E-state index in [0.29, 0.717) is 0 Å². The Bertz CT molecular complexity index is 206. The van der Waals surface area contributed by atoms with Gasteiger partial charge in [0.25, 0.3) is 0 Å². The van der Waals surface area contributed by atoms with Crippen molar-refractivity contribution in [1.82, 2.24) is 10.6 Å². The van der Waals surface area contributed by atoms with Crippen LogP contribution in [0.2, 0.25) is 0 Å². The number of ether oxygens (including phenoxy) is 1. The molecule has 1 saturated heterocycles. The molecule has 0 spiro atoms. The lowest BCUT2D eigenvalue weighted by atomic mass is 10.2. The molecule has 0 bridgehead atoms. The minimum absolute atomic E-state index is 0.898. The highest BCUT2D eigenvalue weighted by atomic mass is 32.2. The van der Waals surface area contributed by atoms with E-state index in [9.17, 15) is 0 Å². The van der Waals surface area contributed by atoms with Crippen LogP contribution in [0.1, 0.15) is 32.1 Å². The molecule has 0 aromatic rings. The summed E-state index contributed by atoms with van der Waals surface area (Å²) in [5.41, 5.74) is 0. The van der Waals surface area contributed by atoms with Crippen molar-refractivity contribution in [3.63, 3.8) is 0 Å². The first-order valence-electron chi connectivity index (χ1n) is 7.56. The second kappa shape index (κ2) is 9.18. The molecule has 1 aliphatic carbocycles. The van der Waals surface area contributed by atoms with Crippen molar-refractivity contribution >= 4 is 11.8 Å². The SMILES string of the molecule is C(CNCCSC1CCNCC1)COCC1CC1. The lowest BCUT2D eigenvalue weighted by Gasteiger charge is -2.21. The molecule has 3 nitrogen and oxygen atoms in total. The van der Waals surface area contributed by atoms with Crippen molar-refractivity contribution in [3.05, 3.63) is 0 Å². The van der Waals surface area contributed by atoms with Gasteiger partial charge in [-0.2, -0.15) is 11.8 Å². The summed E-state index contributed by atoms with van der Waals surface area (Å²) in [4.78, 5) is 0. The molecule has 1 saturated carbocycles. The van der Waals surface area contributed by atoms with Gasteiger partial charge in [0, 0.05) is 30.8 Å². The Hall–Kier alpha value is 0.230. The van der Waals surface area contributed by atoms with Crippen molar-refractivity contribution in [2.45, 2.75) is 37.4 Å². The van der Waals surface area contributed by atoms with Crippen LogP contribution in [-0.4, -0.2) is 50.4 Å². The van der Waals surface area contributed by atoms with Gasteiger partial charge in [0.1, 0.15) is 0 Å². The van der Waals surface area contributed by atoms with Crippen molar-refractivity contribution in [2.75, 3.05) is 45.1 Å². The molecule has 0 amide bonds. The zero-order chi connectivity index (χ0) is 12.5. The van der Waals surface area contributed by atoms with E-state index in [4.69, 9.17) is 4.74 Å². The molecule has 0 radical (unpaired) electrons.